The summed E-state index contributed by atoms with van der Waals surface area (Å²) >= 11 is 1.72. The van der Waals surface area contributed by atoms with Crippen LogP contribution in [0.1, 0.15) is 18.4 Å². The maximum Gasteiger partial charge on any atom is 0.274 e. The van der Waals surface area contributed by atoms with Crippen LogP contribution in [0.15, 0.2) is 52.8 Å². The van der Waals surface area contributed by atoms with E-state index in [1.54, 1.807) is 30.9 Å². The van der Waals surface area contributed by atoms with Crippen molar-refractivity contribution in [3.05, 3.63) is 70.1 Å². The van der Waals surface area contributed by atoms with Gasteiger partial charge in [-0.2, -0.15) is 11.8 Å². The Morgan fingerprint density at radius 1 is 1.22 bits per heavy atom. The number of thioether (sulfide) groups is 1. The molecule has 32 heavy (non-hydrogen) atoms. The third kappa shape index (κ3) is 12.5. The number of anilines is 1. The molecule has 0 spiro atoms. The Bertz CT molecular complexity index is 868. The summed E-state index contributed by atoms with van der Waals surface area (Å²) in [6, 6.07) is 10.3. The summed E-state index contributed by atoms with van der Waals surface area (Å²) in [5.41, 5.74) is 0.690. The maximum absolute atomic E-state index is 10.5. The van der Waals surface area contributed by atoms with Gasteiger partial charge in [0.05, 0.1) is 17.2 Å². The SMILES string of the molecule is CC(=O)Nc1ccc(O)cc1.CN/C(=C/[N+](=O)[O-])NCCSCc1ccc(CN(C)C)o1. The molecule has 1 heterocycles. The highest BCUT2D eigenvalue weighted by Crippen LogP contribution is 2.16. The highest BCUT2D eigenvalue weighted by atomic mass is 32.2. The van der Waals surface area contributed by atoms with Crippen molar-refractivity contribution in [2.45, 2.75) is 19.2 Å². The number of hydrogen-bond donors (Lipinski definition) is 4. The maximum atomic E-state index is 10.5. The molecule has 0 unspecified atom stereocenters. The fraction of sp³-hybridized carbons (Fsp3) is 0.381. The third-order valence-electron chi connectivity index (χ3n) is 3.69. The van der Waals surface area contributed by atoms with Crippen molar-refractivity contribution in [1.82, 2.24) is 15.5 Å². The topological polar surface area (TPSA) is 133 Å². The van der Waals surface area contributed by atoms with Crippen molar-refractivity contribution in [3.8, 4) is 5.75 Å². The zero-order valence-corrected chi connectivity index (χ0v) is 19.6. The zero-order valence-electron chi connectivity index (χ0n) is 18.8. The first-order valence-corrected chi connectivity index (χ1v) is 11.0. The number of hydrogen-bond acceptors (Lipinski definition) is 9. The first-order valence-electron chi connectivity index (χ1n) is 9.83. The molecule has 0 aliphatic heterocycles. The molecule has 0 saturated carbocycles. The number of nitrogens with one attached hydrogen (secondary N) is 3. The lowest BCUT2D eigenvalue weighted by Crippen LogP contribution is -2.26. The van der Waals surface area contributed by atoms with E-state index in [1.807, 2.05) is 26.2 Å². The molecule has 10 nitrogen and oxygen atoms in total. The number of amides is 1. The second-order valence-corrected chi connectivity index (χ2v) is 8.00. The second-order valence-electron chi connectivity index (χ2n) is 6.89. The van der Waals surface area contributed by atoms with Gasteiger partial charge in [0.15, 0.2) is 5.82 Å². The van der Waals surface area contributed by atoms with Crippen LogP contribution >= 0.6 is 11.8 Å². The first kappa shape index (κ1) is 26.9. The highest BCUT2D eigenvalue weighted by molar-refractivity contribution is 7.98. The predicted molar refractivity (Wildman–Crippen MR) is 127 cm³/mol. The van der Waals surface area contributed by atoms with E-state index in [9.17, 15) is 14.9 Å². The van der Waals surface area contributed by atoms with Crippen LogP contribution in [0.4, 0.5) is 5.69 Å². The molecule has 1 aromatic carbocycles. The average molecular weight is 466 g/mol. The molecule has 0 saturated heterocycles. The summed E-state index contributed by atoms with van der Waals surface area (Å²) in [6.07, 6.45) is 0.921. The van der Waals surface area contributed by atoms with Crippen LogP contribution in [-0.2, 0) is 17.1 Å². The largest absolute Gasteiger partial charge is 0.508 e. The van der Waals surface area contributed by atoms with Gasteiger partial charge in [0.2, 0.25) is 5.91 Å². The summed E-state index contributed by atoms with van der Waals surface area (Å²) in [5, 5.41) is 27.5. The predicted octanol–water partition coefficient (Wildman–Crippen LogP) is 2.81. The Balaban J connectivity index is 0.000000389. The molecule has 0 fully saturated rings. The monoisotopic (exact) mass is 465 g/mol. The van der Waals surface area contributed by atoms with Crippen LogP contribution in [-0.4, -0.2) is 54.3 Å². The number of furan rings is 1. The lowest BCUT2D eigenvalue weighted by molar-refractivity contribution is -0.404. The van der Waals surface area contributed by atoms with Gasteiger partial charge in [-0.1, -0.05) is 0 Å². The molecule has 176 valence electrons. The number of phenols is 1. The molecule has 0 aliphatic carbocycles. The number of phenolic OH excluding ortho intramolecular Hbond substituents is 1. The van der Waals surface area contributed by atoms with Crippen molar-refractivity contribution in [2.24, 2.45) is 0 Å². The lowest BCUT2D eigenvalue weighted by atomic mass is 10.3. The smallest absolute Gasteiger partial charge is 0.274 e. The Labute approximate surface area is 192 Å². The molecule has 1 amide bonds. The van der Waals surface area contributed by atoms with Crippen molar-refractivity contribution in [1.29, 1.82) is 0 Å². The van der Waals surface area contributed by atoms with E-state index in [-0.39, 0.29) is 11.7 Å². The molecule has 0 radical (unpaired) electrons. The number of carbonyl (C=O) groups is 1. The van der Waals surface area contributed by atoms with E-state index >= 15 is 0 Å². The molecule has 2 rings (SSSR count). The van der Waals surface area contributed by atoms with E-state index in [0.717, 1.165) is 35.8 Å². The van der Waals surface area contributed by atoms with Crippen molar-refractivity contribution >= 4 is 23.4 Å². The van der Waals surface area contributed by atoms with E-state index in [1.165, 1.54) is 19.1 Å². The number of rotatable bonds is 11. The Morgan fingerprint density at radius 3 is 2.44 bits per heavy atom. The first-order chi connectivity index (χ1) is 15.2. The summed E-state index contributed by atoms with van der Waals surface area (Å²) in [4.78, 5) is 22.4. The van der Waals surface area contributed by atoms with Gasteiger partial charge in [-0.3, -0.25) is 14.9 Å². The van der Waals surface area contributed by atoms with Crippen LogP contribution < -0.4 is 16.0 Å². The summed E-state index contributed by atoms with van der Waals surface area (Å²) < 4.78 is 5.70. The van der Waals surface area contributed by atoms with Gasteiger partial charge < -0.3 is 30.4 Å². The Hall–Kier alpha value is -3.18. The molecule has 2 aromatic rings. The molecular formula is C21H31N5O5S. The molecule has 0 bridgehead atoms. The minimum atomic E-state index is -0.485. The van der Waals surface area contributed by atoms with Gasteiger partial charge in [0, 0.05) is 32.0 Å². The zero-order chi connectivity index (χ0) is 23.9. The van der Waals surface area contributed by atoms with Crippen LogP contribution in [0, 0.1) is 10.1 Å². The fourth-order valence-corrected chi connectivity index (χ4v) is 3.13. The van der Waals surface area contributed by atoms with Crippen LogP contribution in [0.3, 0.4) is 0 Å². The summed E-state index contributed by atoms with van der Waals surface area (Å²) in [6.45, 7) is 2.88. The quantitative estimate of drug-likeness (QED) is 0.171. The Kier molecular flexibility index (Phi) is 12.4. The second kappa shape index (κ2) is 14.8. The molecule has 0 aliphatic rings. The van der Waals surface area contributed by atoms with Gasteiger partial charge in [-0.05, 0) is 50.5 Å². The number of nitro groups is 1. The van der Waals surface area contributed by atoms with E-state index < -0.39 is 4.92 Å². The van der Waals surface area contributed by atoms with E-state index in [0.29, 0.717) is 18.1 Å². The van der Waals surface area contributed by atoms with Crippen molar-refractivity contribution in [3.63, 3.8) is 0 Å². The average Bonchev–Trinajstić information content (AvgIpc) is 3.15. The molecule has 11 heteroatoms. The van der Waals surface area contributed by atoms with Crippen LogP contribution in [0.25, 0.3) is 0 Å². The number of benzene rings is 1. The lowest BCUT2D eigenvalue weighted by Gasteiger charge is -2.07. The minimum absolute atomic E-state index is 0.115. The standard InChI is InChI=1S/C13H22N4O3S.C8H9NO2/c1-14-13(9-17(18)19)15-6-7-21-10-12-5-4-11(20-12)8-16(2)3;1-6(10)9-7-2-4-8(11)5-3-7/h4-5,9,14-15H,6-8,10H2,1-3H3;2-5,11H,1H3,(H,9,10)/b13-9-;. The van der Waals surface area contributed by atoms with Crippen LogP contribution in [0.2, 0.25) is 0 Å². The number of aromatic hydroxyl groups is 1. The van der Waals surface area contributed by atoms with Crippen LogP contribution in [0.5, 0.6) is 5.75 Å². The molecule has 4 N–H and O–H groups in total. The van der Waals surface area contributed by atoms with Gasteiger partial charge in [0.25, 0.3) is 6.20 Å². The summed E-state index contributed by atoms with van der Waals surface area (Å²) in [5.74, 6) is 4.02. The van der Waals surface area contributed by atoms with Gasteiger partial charge in [-0.15, -0.1) is 0 Å². The van der Waals surface area contributed by atoms with E-state index in [4.69, 9.17) is 9.52 Å². The van der Waals surface area contributed by atoms with E-state index in [2.05, 4.69) is 20.9 Å². The fourth-order valence-electron chi connectivity index (χ4n) is 2.38. The molecular weight excluding hydrogens is 434 g/mol. The third-order valence-corrected chi connectivity index (χ3v) is 4.67. The van der Waals surface area contributed by atoms with Crippen molar-refractivity contribution < 1.29 is 19.2 Å². The normalized spacial score (nSPS) is 10.8. The summed E-state index contributed by atoms with van der Waals surface area (Å²) in [7, 11) is 5.64. The van der Waals surface area contributed by atoms with Gasteiger partial charge in [0.1, 0.15) is 17.3 Å². The van der Waals surface area contributed by atoms with Gasteiger partial charge in [-0.25, -0.2) is 0 Å². The Morgan fingerprint density at radius 2 is 1.88 bits per heavy atom. The molecule has 0 atom stereocenters. The van der Waals surface area contributed by atoms with Crippen molar-refractivity contribution in [2.75, 3.05) is 38.8 Å². The highest BCUT2D eigenvalue weighted by Gasteiger charge is 2.04. The number of carbonyl (C=O) groups excluding carboxylic acids is 1. The van der Waals surface area contributed by atoms with Gasteiger partial charge >= 0.3 is 0 Å². The molecule has 1 aromatic heterocycles. The minimum Gasteiger partial charge on any atom is -0.508 e. The number of nitrogens with zero attached hydrogens (tertiary/aromatic N) is 2.